The Hall–Kier alpha value is -1.65. The van der Waals surface area contributed by atoms with Crippen LogP contribution in [0.2, 0.25) is 0 Å². The summed E-state index contributed by atoms with van der Waals surface area (Å²) < 4.78 is 5.44. The average Bonchev–Trinajstić information content (AvgIpc) is 2.76. The summed E-state index contributed by atoms with van der Waals surface area (Å²) in [5, 5.41) is 0. The standard InChI is InChI=1S/C13H19N3O2/c1-13(2,3)18-11(17)10-6-4-9-16(10)12-14-7-5-8-15-12/h5,7-8,10H,4,6,9H2,1-3H3. The van der Waals surface area contributed by atoms with E-state index in [2.05, 4.69) is 9.97 Å². The number of carbonyl (C=O) groups is 1. The number of anilines is 1. The van der Waals surface area contributed by atoms with E-state index in [1.807, 2.05) is 25.7 Å². The number of nitrogens with zero attached hydrogens (tertiary/aromatic N) is 3. The van der Waals surface area contributed by atoms with Gasteiger partial charge < -0.3 is 9.64 Å². The van der Waals surface area contributed by atoms with Crippen LogP contribution in [-0.2, 0) is 9.53 Å². The fourth-order valence-corrected chi connectivity index (χ4v) is 2.06. The lowest BCUT2D eigenvalue weighted by atomic mass is 10.1. The molecule has 0 saturated carbocycles. The van der Waals surface area contributed by atoms with Crippen molar-refractivity contribution in [3.8, 4) is 0 Å². The van der Waals surface area contributed by atoms with Gasteiger partial charge in [-0.3, -0.25) is 0 Å². The molecule has 5 nitrogen and oxygen atoms in total. The van der Waals surface area contributed by atoms with Gasteiger partial charge in [-0.05, 0) is 39.7 Å². The van der Waals surface area contributed by atoms with Crippen LogP contribution in [0, 0.1) is 0 Å². The summed E-state index contributed by atoms with van der Waals surface area (Å²) in [4.78, 5) is 22.4. The van der Waals surface area contributed by atoms with Crippen molar-refractivity contribution in [3.05, 3.63) is 18.5 Å². The Balaban J connectivity index is 2.11. The van der Waals surface area contributed by atoms with Crippen molar-refractivity contribution in [1.82, 2.24) is 9.97 Å². The lowest BCUT2D eigenvalue weighted by Gasteiger charge is -2.27. The number of carbonyl (C=O) groups excluding carboxylic acids is 1. The number of esters is 1. The maximum absolute atomic E-state index is 12.1. The summed E-state index contributed by atoms with van der Waals surface area (Å²) in [6.07, 6.45) is 5.13. The SMILES string of the molecule is CC(C)(C)OC(=O)C1CCCN1c1ncccn1. The predicted octanol–water partition coefficient (Wildman–Crippen LogP) is 1.79. The molecule has 1 fully saturated rings. The van der Waals surface area contributed by atoms with E-state index in [-0.39, 0.29) is 12.0 Å². The fraction of sp³-hybridized carbons (Fsp3) is 0.615. The van der Waals surface area contributed by atoms with Crippen LogP contribution in [0.3, 0.4) is 0 Å². The summed E-state index contributed by atoms with van der Waals surface area (Å²) in [6, 6.07) is 1.51. The third kappa shape index (κ3) is 2.97. The van der Waals surface area contributed by atoms with E-state index in [1.165, 1.54) is 0 Å². The first kappa shape index (κ1) is 12.8. The van der Waals surface area contributed by atoms with Gasteiger partial charge in [-0.25, -0.2) is 14.8 Å². The molecular formula is C13H19N3O2. The number of rotatable bonds is 2. The van der Waals surface area contributed by atoms with Crippen LogP contribution in [0.1, 0.15) is 33.6 Å². The summed E-state index contributed by atoms with van der Waals surface area (Å²) in [5.41, 5.74) is -0.455. The lowest BCUT2D eigenvalue weighted by Crippen LogP contribution is -2.41. The minimum Gasteiger partial charge on any atom is -0.458 e. The first-order valence-corrected chi connectivity index (χ1v) is 6.24. The van der Waals surface area contributed by atoms with Gasteiger partial charge in [0.05, 0.1) is 0 Å². The van der Waals surface area contributed by atoms with Crippen molar-refractivity contribution in [2.24, 2.45) is 0 Å². The van der Waals surface area contributed by atoms with Crippen LogP contribution < -0.4 is 4.90 Å². The Morgan fingerprint density at radius 1 is 1.39 bits per heavy atom. The molecule has 1 saturated heterocycles. The highest BCUT2D eigenvalue weighted by Crippen LogP contribution is 2.24. The second-order valence-corrected chi connectivity index (χ2v) is 5.43. The maximum atomic E-state index is 12.1. The van der Waals surface area contributed by atoms with E-state index in [0.29, 0.717) is 5.95 Å². The lowest BCUT2D eigenvalue weighted by molar-refractivity contribution is -0.156. The molecule has 0 spiro atoms. The largest absolute Gasteiger partial charge is 0.458 e. The summed E-state index contributed by atoms with van der Waals surface area (Å²) in [6.45, 7) is 6.43. The number of aromatic nitrogens is 2. The second kappa shape index (κ2) is 4.92. The van der Waals surface area contributed by atoms with Gasteiger partial charge in [0.25, 0.3) is 0 Å². The molecule has 1 aliphatic heterocycles. The number of hydrogen-bond donors (Lipinski definition) is 0. The zero-order valence-corrected chi connectivity index (χ0v) is 11.1. The van der Waals surface area contributed by atoms with Crippen molar-refractivity contribution < 1.29 is 9.53 Å². The van der Waals surface area contributed by atoms with E-state index in [1.54, 1.807) is 18.5 Å². The first-order valence-electron chi connectivity index (χ1n) is 6.24. The Kier molecular flexibility index (Phi) is 3.50. The molecule has 5 heteroatoms. The Morgan fingerprint density at radius 3 is 2.67 bits per heavy atom. The third-order valence-electron chi connectivity index (χ3n) is 2.74. The van der Waals surface area contributed by atoms with Gasteiger partial charge in [0, 0.05) is 18.9 Å². The molecule has 0 bridgehead atoms. The van der Waals surface area contributed by atoms with Crippen molar-refractivity contribution in [2.75, 3.05) is 11.4 Å². The average molecular weight is 249 g/mol. The monoisotopic (exact) mass is 249 g/mol. The summed E-state index contributed by atoms with van der Waals surface area (Å²) >= 11 is 0. The van der Waals surface area contributed by atoms with Gasteiger partial charge in [-0.2, -0.15) is 0 Å². The molecule has 2 heterocycles. The topological polar surface area (TPSA) is 55.3 Å². The predicted molar refractivity (Wildman–Crippen MR) is 68.2 cm³/mol. The maximum Gasteiger partial charge on any atom is 0.329 e. The molecule has 0 amide bonds. The van der Waals surface area contributed by atoms with E-state index in [0.717, 1.165) is 19.4 Å². The Morgan fingerprint density at radius 2 is 2.06 bits per heavy atom. The van der Waals surface area contributed by atoms with Crippen LogP contribution in [-0.4, -0.2) is 34.1 Å². The highest BCUT2D eigenvalue weighted by atomic mass is 16.6. The van der Waals surface area contributed by atoms with Gasteiger partial charge in [0.15, 0.2) is 0 Å². The van der Waals surface area contributed by atoms with Gasteiger partial charge >= 0.3 is 5.97 Å². The Labute approximate surface area is 107 Å². The third-order valence-corrected chi connectivity index (χ3v) is 2.74. The molecule has 0 N–H and O–H groups in total. The van der Waals surface area contributed by atoms with Gasteiger partial charge in [-0.1, -0.05) is 0 Å². The zero-order chi connectivity index (χ0) is 13.2. The molecule has 18 heavy (non-hydrogen) atoms. The van der Waals surface area contributed by atoms with Crippen LogP contribution in [0.4, 0.5) is 5.95 Å². The van der Waals surface area contributed by atoms with Gasteiger partial charge in [0.2, 0.25) is 5.95 Å². The van der Waals surface area contributed by atoms with Crippen molar-refractivity contribution in [3.63, 3.8) is 0 Å². The van der Waals surface area contributed by atoms with E-state index >= 15 is 0 Å². The quantitative estimate of drug-likeness (QED) is 0.748. The van der Waals surface area contributed by atoms with Gasteiger partial charge in [-0.15, -0.1) is 0 Å². The van der Waals surface area contributed by atoms with Gasteiger partial charge in [0.1, 0.15) is 11.6 Å². The van der Waals surface area contributed by atoms with E-state index in [4.69, 9.17) is 4.74 Å². The molecule has 1 aromatic rings. The zero-order valence-electron chi connectivity index (χ0n) is 11.1. The molecule has 0 radical (unpaired) electrons. The first-order chi connectivity index (χ1) is 8.47. The minimum absolute atomic E-state index is 0.188. The van der Waals surface area contributed by atoms with Crippen molar-refractivity contribution in [1.29, 1.82) is 0 Å². The fourth-order valence-electron chi connectivity index (χ4n) is 2.06. The normalized spacial score (nSPS) is 19.9. The Bertz CT molecular complexity index is 414. The van der Waals surface area contributed by atoms with E-state index in [9.17, 15) is 4.79 Å². The van der Waals surface area contributed by atoms with Crippen LogP contribution in [0.15, 0.2) is 18.5 Å². The second-order valence-electron chi connectivity index (χ2n) is 5.43. The van der Waals surface area contributed by atoms with Crippen LogP contribution in [0.25, 0.3) is 0 Å². The molecule has 1 unspecified atom stereocenters. The molecule has 1 aromatic heterocycles. The molecule has 0 aromatic carbocycles. The van der Waals surface area contributed by atoms with Crippen LogP contribution in [0.5, 0.6) is 0 Å². The summed E-state index contributed by atoms with van der Waals surface area (Å²) in [7, 11) is 0. The highest BCUT2D eigenvalue weighted by Gasteiger charge is 2.35. The minimum atomic E-state index is -0.455. The number of hydrogen-bond acceptors (Lipinski definition) is 5. The number of ether oxygens (including phenoxy) is 1. The molecule has 1 aliphatic rings. The molecule has 1 atom stereocenters. The van der Waals surface area contributed by atoms with Crippen molar-refractivity contribution >= 4 is 11.9 Å². The molecule has 0 aliphatic carbocycles. The van der Waals surface area contributed by atoms with Crippen molar-refractivity contribution in [2.45, 2.75) is 45.3 Å². The molecular weight excluding hydrogens is 230 g/mol. The smallest absolute Gasteiger partial charge is 0.329 e. The highest BCUT2D eigenvalue weighted by molar-refractivity contribution is 5.80. The van der Waals surface area contributed by atoms with Crippen LogP contribution >= 0.6 is 0 Å². The molecule has 2 rings (SSSR count). The van der Waals surface area contributed by atoms with E-state index < -0.39 is 5.60 Å². The summed E-state index contributed by atoms with van der Waals surface area (Å²) in [5.74, 6) is 0.415. The molecule has 98 valence electrons.